The van der Waals surface area contributed by atoms with Crippen molar-refractivity contribution in [1.82, 2.24) is 4.98 Å². The molecule has 0 bridgehead atoms. The molecule has 1 aromatic heterocycles. The SMILES string of the molecule is O=C(Nc1c(Cl)cc(Cl)cc1C(=O)Nc1ccc(Br)cn1)c1ccc(Cl)cc1Cl. The minimum absolute atomic E-state index is 0.0608. The number of carbonyl (C=O) groups excluding carboxylic acids is 2. The molecule has 5 nitrogen and oxygen atoms in total. The van der Waals surface area contributed by atoms with Crippen molar-refractivity contribution in [3.63, 3.8) is 0 Å². The molecule has 0 aliphatic rings. The Morgan fingerprint density at radius 3 is 2.14 bits per heavy atom. The Hall–Kier alpha value is -1.83. The van der Waals surface area contributed by atoms with E-state index in [9.17, 15) is 9.59 Å². The van der Waals surface area contributed by atoms with Gasteiger partial charge in [-0.05, 0) is 58.4 Å². The largest absolute Gasteiger partial charge is 0.320 e. The Balaban J connectivity index is 1.93. The van der Waals surface area contributed by atoms with Gasteiger partial charge >= 0.3 is 0 Å². The normalized spacial score (nSPS) is 10.5. The van der Waals surface area contributed by atoms with Crippen LogP contribution >= 0.6 is 62.3 Å². The van der Waals surface area contributed by atoms with E-state index in [0.717, 1.165) is 4.47 Å². The maximum absolute atomic E-state index is 12.8. The zero-order valence-corrected chi connectivity index (χ0v) is 18.9. The number of benzene rings is 2. The van der Waals surface area contributed by atoms with Crippen molar-refractivity contribution in [1.29, 1.82) is 0 Å². The molecule has 0 saturated carbocycles. The monoisotopic (exact) mass is 531 g/mol. The van der Waals surface area contributed by atoms with Crippen LogP contribution < -0.4 is 10.6 Å². The maximum Gasteiger partial charge on any atom is 0.259 e. The fourth-order valence-electron chi connectivity index (χ4n) is 2.37. The molecule has 2 N–H and O–H groups in total. The molecule has 0 aliphatic heterocycles. The first-order valence-corrected chi connectivity index (χ1v) is 10.2. The second kappa shape index (κ2) is 9.32. The molecule has 29 heavy (non-hydrogen) atoms. The highest BCUT2D eigenvalue weighted by molar-refractivity contribution is 9.10. The Kier molecular flexibility index (Phi) is 7.03. The fourth-order valence-corrected chi connectivity index (χ4v) is 3.64. The van der Waals surface area contributed by atoms with E-state index in [2.05, 4.69) is 31.5 Å². The zero-order valence-electron chi connectivity index (χ0n) is 14.3. The molecule has 2 amide bonds. The van der Waals surface area contributed by atoms with Gasteiger partial charge in [-0.1, -0.05) is 46.4 Å². The van der Waals surface area contributed by atoms with Crippen molar-refractivity contribution in [2.45, 2.75) is 0 Å². The van der Waals surface area contributed by atoms with Gasteiger partial charge in [0.05, 0.1) is 26.9 Å². The number of amides is 2. The van der Waals surface area contributed by atoms with E-state index in [1.165, 1.54) is 36.5 Å². The molecule has 0 spiro atoms. The highest BCUT2D eigenvalue weighted by Crippen LogP contribution is 2.32. The maximum atomic E-state index is 12.8. The molecule has 0 unspecified atom stereocenters. The summed E-state index contributed by atoms with van der Waals surface area (Å²) in [6.07, 6.45) is 1.53. The summed E-state index contributed by atoms with van der Waals surface area (Å²) in [7, 11) is 0. The van der Waals surface area contributed by atoms with Gasteiger partial charge in [0.25, 0.3) is 11.8 Å². The quantitative estimate of drug-likeness (QED) is 0.381. The number of aromatic nitrogens is 1. The number of nitrogens with one attached hydrogen (secondary N) is 2. The summed E-state index contributed by atoms with van der Waals surface area (Å²) in [5, 5.41) is 6.10. The van der Waals surface area contributed by atoms with Crippen molar-refractivity contribution < 1.29 is 9.59 Å². The first-order valence-electron chi connectivity index (χ1n) is 7.93. The van der Waals surface area contributed by atoms with E-state index in [-0.39, 0.29) is 31.9 Å². The van der Waals surface area contributed by atoms with E-state index in [4.69, 9.17) is 46.4 Å². The van der Waals surface area contributed by atoms with E-state index in [0.29, 0.717) is 10.8 Å². The molecular formula is C19H10BrCl4N3O2. The highest BCUT2D eigenvalue weighted by atomic mass is 79.9. The van der Waals surface area contributed by atoms with Crippen molar-refractivity contribution in [2.24, 2.45) is 0 Å². The third-order valence-electron chi connectivity index (χ3n) is 3.68. The molecule has 3 aromatic rings. The van der Waals surface area contributed by atoms with Crippen LogP contribution in [-0.4, -0.2) is 16.8 Å². The lowest BCUT2D eigenvalue weighted by atomic mass is 10.1. The van der Waals surface area contributed by atoms with Crippen LogP contribution in [0.25, 0.3) is 0 Å². The topological polar surface area (TPSA) is 71.1 Å². The number of hydrogen-bond donors (Lipinski definition) is 2. The molecule has 3 rings (SSSR count). The minimum atomic E-state index is -0.563. The minimum Gasteiger partial charge on any atom is -0.320 e. The predicted octanol–water partition coefficient (Wildman–Crippen LogP) is 6.96. The van der Waals surface area contributed by atoms with E-state index in [1.54, 1.807) is 12.1 Å². The van der Waals surface area contributed by atoms with Crippen molar-refractivity contribution in [3.8, 4) is 0 Å². The van der Waals surface area contributed by atoms with Crippen LogP contribution in [0.3, 0.4) is 0 Å². The molecule has 0 saturated heterocycles. The lowest BCUT2D eigenvalue weighted by molar-refractivity contribution is 0.102. The second-order valence-electron chi connectivity index (χ2n) is 5.70. The molecule has 0 aliphatic carbocycles. The summed E-state index contributed by atoms with van der Waals surface area (Å²) in [5.41, 5.74) is 0.315. The molecule has 2 aromatic carbocycles. The van der Waals surface area contributed by atoms with Crippen LogP contribution in [0.15, 0.2) is 53.1 Å². The van der Waals surface area contributed by atoms with Gasteiger partial charge in [-0.25, -0.2) is 4.98 Å². The van der Waals surface area contributed by atoms with Gasteiger partial charge in [-0.2, -0.15) is 0 Å². The van der Waals surface area contributed by atoms with Gasteiger partial charge in [0.2, 0.25) is 0 Å². The Morgan fingerprint density at radius 1 is 0.793 bits per heavy atom. The van der Waals surface area contributed by atoms with Crippen molar-refractivity contribution in [2.75, 3.05) is 10.6 Å². The summed E-state index contributed by atoms with van der Waals surface area (Å²) in [6, 6.07) is 10.6. The van der Waals surface area contributed by atoms with Crippen LogP contribution in [0.2, 0.25) is 20.1 Å². The van der Waals surface area contributed by atoms with Crippen LogP contribution in [0.4, 0.5) is 11.5 Å². The Labute approximate surface area is 194 Å². The third-order valence-corrected chi connectivity index (χ3v) is 5.22. The molecule has 1 heterocycles. The zero-order chi connectivity index (χ0) is 21.1. The van der Waals surface area contributed by atoms with Crippen LogP contribution in [0.5, 0.6) is 0 Å². The molecule has 148 valence electrons. The molecule has 0 radical (unpaired) electrons. The van der Waals surface area contributed by atoms with Crippen LogP contribution in [0.1, 0.15) is 20.7 Å². The number of rotatable bonds is 4. The summed E-state index contributed by atoms with van der Waals surface area (Å²) in [4.78, 5) is 29.5. The second-order valence-corrected chi connectivity index (χ2v) is 8.31. The van der Waals surface area contributed by atoms with Gasteiger partial charge in [-0.15, -0.1) is 0 Å². The van der Waals surface area contributed by atoms with Gasteiger partial charge < -0.3 is 10.6 Å². The average molecular weight is 534 g/mol. The number of halogens is 5. The standard InChI is InChI=1S/C19H10BrCl4N3O2/c20-9-1-4-16(25-8-9)26-19(29)13-5-11(22)7-15(24)17(13)27-18(28)12-3-2-10(21)6-14(12)23/h1-8H,(H,27,28)(H,25,26,29). The Bertz CT molecular complexity index is 1110. The predicted molar refractivity (Wildman–Crippen MR) is 121 cm³/mol. The number of hydrogen-bond acceptors (Lipinski definition) is 3. The summed E-state index contributed by atoms with van der Waals surface area (Å²) >= 11 is 27.5. The first kappa shape index (κ1) is 21.9. The van der Waals surface area contributed by atoms with Gasteiger partial charge in [0.1, 0.15) is 5.82 Å². The van der Waals surface area contributed by atoms with Crippen molar-refractivity contribution in [3.05, 3.63) is 84.4 Å². The molecular weight excluding hydrogens is 524 g/mol. The van der Waals surface area contributed by atoms with Gasteiger partial charge in [-0.3, -0.25) is 9.59 Å². The summed E-state index contributed by atoms with van der Waals surface area (Å²) < 4.78 is 0.758. The molecule has 0 fully saturated rings. The van der Waals surface area contributed by atoms with Crippen molar-refractivity contribution >= 4 is 85.7 Å². The number of anilines is 2. The third kappa shape index (κ3) is 5.41. The molecule has 10 heteroatoms. The smallest absolute Gasteiger partial charge is 0.259 e. The number of carbonyl (C=O) groups is 2. The van der Waals surface area contributed by atoms with E-state index < -0.39 is 11.8 Å². The first-order chi connectivity index (χ1) is 13.7. The van der Waals surface area contributed by atoms with E-state index >= 15 is 0 Å². The lowest BCUT2D eigenvalue weighted by Gasteiger charge is -2.14. The number of pyridine rings is 1. The fraction of sp³-hybridized carbons (Fsp3) is 0. The van der Waals surface area contributed by atoms with E-state index in [1.807, 2.05) is 0 Å². The van der Waals surface area contributed by atoms with Gasteiger partial charge in [0, 0.05) is 20.7 Å². The lowest BCUT2D eigenvalue weighted by Crippen LogP contribution is -2.19. The number of nitrogens with zero attached hydrogens (tertiary/aromatic N) is 1. The Morgan fingerprint density at radius 2 is 1.48 bits per heavy atom. The van der Waals surface area contributed by atoms with Gasteiger partial charge in [0.15, 0.2) is 0 Å². The summed E-state index contributed by atoms with van der Waals surface area (Å²) in [6.45, 7) is 0. The summed E-state index contributed by atoms with van der Waals surface area (Å²) in [5.74, 6) is -0.805. The highest BCUT2D eigenvalue weighted by Gasteiger charge is 2.20. The molecule has 0 atom stereocenters. The van der Waals surface area contributed by atoms with Crippen LogP contribution in [-0.2, 0) is 0 Å². The van der Waals surface area contributed by atoms with Crippen LogP contribution in [0, 0.1) is 0 Å². The average Bonchev–Trinajstić information content (AvgIpc) is 2.65.